The first-order chi connectivity index (χ1) is 10.4. The molecule has 1 fully saturated rings. The number of hydrogen-bond acceptors (Lipinski definition) is 3. The molecule has 0 atom stereocenters. The normalized spacial score (nSPS) is 16.4. The first-order valence-corrected chi connectivity index (χ1v) is 8.05. The number of carbonyl (C=O) groups excluding carboxylic acids is 2. The lowest BCUT2D eigenvalue weighted by Gasteiger charge is -2.33. The molecule has 0 unspecified atom stereocenters. The van der Waals surface area contributed by atoms with Gasteiger partial charge in [0.05, 0.1) is 5.41 Å². The highest BCUT2D eigenvalue weighted by molar-refractivity contribution is 6.19. The van der Waals surface area contributed by atoms with Gasteiger partial charge in [0.25, 0.3) is 5.91 Å². The molecule has 5 nitrogen and oxygen atoms in total. The summed E-state index contributed by atoms with van der Waals surface area (Å²) in [7, 11) is 0. The monoisotopic (exact) mass is 323 g/mol. The van der Waals surface area contributed by atoms with E-state index in [4.69, 9.17) is 11.6 Å². The number of pyridine rings is 1. The number of nitrogens with zero attached hydrogens (tertiary/aromatic N) is 2. The van der Waals surface area contributed by atoms with Crippen LogP contribution in [-0.4, -0.2) is 46.7 Å². The molecule has 0 aromatic carbocycles. The third-order valence-electron chi connectivity index (χ3n) is 3.95. The molecule has 2 rings (SSSR count). The minimum Gasteiger partial charge on any atom is -0.353 e. The van der Waals surface area contributed by atoms with Crippen molar-refractivity contribution in [1.29, 1.82) is 0 Å². The van der Waals surface area contributed by atoms with E-state index in [1.807, 2.05) is 13.8 Å². The van der Waals surface area contributed by atoms with Crippen molar-refractivity contribution in [2.45, 2.75) is 32.7 Å². The quantitative estimate of drug-likeness (QED) is 0.863. The van der Waals surface area contributed by atoms with Gasteiger partial charge in [-0.2, -0.15) is 0 Å². The Morgan fingerprint density at radius 2 is 2.05 bits per heavy atom. The van der Waals surface area contributed by atoms with Crippen LogP contribution in [0.5, 0.6) is 0 Å². The Morgan fingerprint density at radius 1 is 1.36 bits per heavy atom. The summed E-state index contributed by atoms with van der Waals surface area (Å²) in [6, 6.07) is 5.42. The Kier molecular flexibility index (Phi) is 5.40. The van der Waals surface area contributed by atoms with Crippen LogP contribution >= 0.6 is 11.6 Å². The van der Waals surface area contributed by atoms with E-state index < -0.39 is 5.41 Å². The zero-order chi connectivity index (χ0) is 16.2. The van der Waals surface area contributed by atoms with Gasteiger partial charge in [-0.05, 0) is 38.8 Å². The maximum atomic E-state index is 12.3. The summed E-state index contributed by atoms with van der Waals surface area (Å²) < 4.78 is 0. The summed E-state index contributed by atoms with van der Waals surface area (Å²) in [5, 5.41) is 3.03. The minimum atomic E-state index is -0.567. The molecule has 1 aliphatic rings. The molecule has 0 bridgehead atoms. The Hall–Kier alpha value is -1.62. The van der Waals surface area contributed by atoms with Gasteiger partial charge in [0, 0.05) is 31.2 Å². The van der Waals surface area contributed by atoms with Gasteiger partial charge in [0.1, 0.15) is 5.69 Å². The smallest absolute Gasteiger partial charge is 0.272 e. The van der Waals surface area contributed by atoms with Crippen LogP contribution in [0.15, 0.2) is 24.4 Å². The molecular formula is C16H22ClN3O2. The topological polar surface area (TPSA) is 62.3 Å². The van der Waals surface area contributed by atoms with Crippen molar-refractivity contribution in [1.82, 2.24) is 15.2 Å². The number of hydrogen-bond donors (Lipinski definition) is 1. The molecule has 1 aromatic rings. The molecule has 0 saturated carbocycles. The summed E-state index contributed by atoms with van der Waals surface area (Å²) in [5.41, 5.74) is -0.101. The van der Waals surface area contributed by atoms with E-state index in [-0.39, 0.29) is 23.7 Å². The zero-order valence-corrected chi connectivity index (χ0v) is 13.8. The van der Waals surface area contributed by atoms with Crippen molar-refractivity contribution in [3.63, 3.8) is 0 Å². The van der Waals surface area contributed by atoms with Crippen LogP contribution in [0.3, 0.4) is 0 Å². The van der Waals surface area contributed by atoms with Crippen LogP contribution in [-0.2, 0) is 4.79 Å². The molecule has 1 aromatic heterocycles. The molecular weight excluding hydrogens is 302 g/mol. The predicted octanol–water partition coefficient (Wildman–Crippen LogP) is 2.07. The molecule has 6 heteroatoms. The summed E-state index contributed by atoms with van der Waals surface area (Å²) in [4.78, 5) is 30.3. The number of aromatic nitrogens is 1. The second kappa shape index (κ2) is 7.09. The maximum absolute atomic E-state index is 12.3. The van der Waals surface area contributed by atoms with E-state index in [1.165, 1.54) is 0 Å². The highest BCUT2D eigenvalue weighted by Crippen LogP contribution is 2.19. The van der Waals surface area contributed by atoms with Crippen molar-refractivity contribution in [2.24, 2.45) is 5.41 Å². The summed E-state index contributed by atoms with van der Waals surface area (Å²) in [6.45, 7) is 4.91. The van der Waals surface area contributed by atoms with Gasteiger partial charge in [-0.25, -0.2) is 0 Å². The molecule has 0 aliphatic carbocycles. The van der Waals surface area contributed by atoms with E-state index in [0.717, 1.165) is 12.8 Å². The minimum absolute atomic E-state index is 0.0306. The van der Waals surface area contributed by atoms with Crippen LogP contribution in [0.2, 0.25) is 0 Å². The molecule has 0 radical (unpaired) electrons. The van der Waals surface area contributed by atoms with Crippen LogP contribution in [0.25, 0.3) is 0 Å². The molecule has 2 heterocycles. The SMILES string of the molecule is CC(C)(CCl)C(=O)NC1CCN(C(=O)c2ccccn2)CC1. The van der Waals surface area contributed by atoms with E-state index >= 15 is 0 Å². The van der Waals surface area contributed by atoms with Crippen molar-refractivity contribution in [3.8, 4) is 0 Å². The van der Waals surface area contributed by atoms with Gasteiger partial charge in [-0.3, -0.25) is 14.6 Å². The molecule has 120 valence electrons. The number of piperidine rings is 1. The summed E-state index contributed by atoms with van der Waals surface area (Å²) >= 11 is 5.82. The van der Waals surface area contributed by atoms with Gasteiger partial charge >= 0.3 is 0 Å². The maximum Gasteiger partial charge on any atom is 0.272 e. The van der Waals surface area contributed by atoms with Gasteiger partial charge in [0.15, 0.2) is 0 Å². The molecule has 1 N–H and O–H groups in total. The Morgan fingerprint density at radius 3 is 2.59 bits per heavy atom. The lowest BCUT2D eigenvalue weighted by molar-refractivity contribution is -0.129. The number of carbonyl (C=O) groups is 2. The van der Waals surface area contributed by atoms with Gasteiger partial charge < -0.3 is 10.2 Å². The molecule has 2 amide bonds. The van der Waals surface area contributed by atoms with Crippen molar-refractivity contribution in [2.75, 3.05) is 19.0 Å². The van der Waals surface area contributed by atoms with E-state index in [1.54, 1.807) is 29.3 Å². The van der Waals surface area contributed by atoms with Gasteiger partial charge in [-0.15, -0.1) is 11.6 Å². The molecule has 22 heavy (non-hydrogen) atoms. The highest BCUT2D eigenvalue weighted by Gasteiger charge is 2.30. The van der Waals surface area contributed by atoms with Crippen molar-refractivity contribution >= 4 is 23.4 Å². The molecule has 0 spiro atoms. The predicted molar refractivity (Wildman–Crippen MR) is 85.8 cm³/mol. The average Bonchev–Trinajstić information content (AvgIpc) is 2.55. The second-order valence-corrected chi connectivity index (χ2v) is 6.54. The molecule has 1 saturated heterocycles. The number of halogens is 1. The largest absolute Gasteiger partial charge is 0.353 e. The summed E-state index contributed by atoms with van der Waals surface area (Å²) in [6.07, 6.45) is 3.12. The lowest BCUT2D eigenvalue weighted by Crippen LogP contribution is -2.49. The van der Waals surface area contributed by atoms with Crippen LogP contribution in [0.1, 0.15) is 37.2 Å². The van der Waals surface area contributed by atoms with Crippen LogP contribution < -0.4 is 5.32 Å². The molecule has 1 aliphatic heterocycles. The Bertz CT molecular complexity index is 525. The van der Waals surface area contributed by atoms with E-state index in [9.17, 15) is 9.59 Å². The number of nitrogens with one attached hydrogen (secondary N) is 1. The van der Waals surface area contributed by atoms with Crippen molar-refractivity contribution < 1.29 is 9.59 Å². The fourth-order valence-electron chi connectivity index (χ4n) is 2.32. The van der Waals surface area contributed by atoms with E-state index in [0.29, 0.717) is 18.8 Å². The van der Waals surface area contributed by atoms with Gasteiger partial charge in [-0.1, -0.05) is 6.07 Å². The number of likely N-dealkylation sites (tertiary alicyclic amines) is 1. The fourth-order valence-corrected chi connectivity index (χ4v) is 2.44. The first kappa shape index (κ1) is 16.7. The van der Waals surface area contributed by atoms with Crippen LogP contribution in [0.4, 0.5) is 0 Å². The standard InChI is InChI=1S/C16H22ClN3O2/c1-16(2,11-17)15(22)19-12-6-9-20(10-7-12)14(21)13-5-3-4-8-18-13/h3-5,8,12H,6-7,9-11H2,1-2H3,(H,19,22). The summed E-state index contributed by atoms with van der Waals surface area (Å²) in [5.74, 6) is 0.207. The van der Waals surface area contributed by atoms with Crippen molar-refractivity contribution in [3.05, 3.63) is 30.1 Å². The number of alkyl halides is 1. The number of rotatable bonds is 4. The Labute approximate surface area is 136 Å². The highest BCUT2D eigenvalue weighted by atomic mass is 35.5. The third-order valence-corrected chi connectivity index (χ3v) is 4.62. The first-order valence-electron chi connectivity index (χ1n) is 7.51. The average molecular weight is 324 g/mol. The number of amides is 2. The second-order valence-electron chi connectivity index (χ2n) is 6.27. The fraction of sp³-hybridized carbons (Fsp3) is 0.562. The van der Waals surface area contributed by atoms with E-state index in [2.05, 4.69) is 10.3 Å². The lowest BCUT2D eigenvalue weighted by atomic mass is 9.93. The van der Waals surface area contributed by atoms with Crippen LogP contribution in [0, 0.1) is 5.41 Å². The van der Waals surface area contributed by atoms with Gasteiger partial charge in [0.2, 0.25) is 5.91 Å². The third kappa shape index (κ3) is 3.97. The zero-order valence-electron chi connectivity index (χ0n) is 13.0. The Balaban J connectivity index is 1.86.